The summed E-state index contributed by atoms with van der Waals surface area (Å²) in [6, 6.07) is 11.9. The van der Waals surface area contributed by atoms with E-state index < -0.39 is 0 Å². The number of carbonyl (C=O) groups excluding carboxylic acids is 1. The molecule has 132 valence electrons. The normalized spacial score (nSPS) is 13.3. The molecule has 4 rings (SSSR count). The molecular formula is C19H17ClN4OS. The van der Waals surface area contributed by atoms with E-state index in [2.05, 4.69) is 33.5 Å². The van der Waals surface area contributed by atoms with Gasteiger partial charge in [0.05, 0.1) is 17.1 Å². The van der Waals surface area contributed by atoms with Gasteiger partial charge in [-0.15, -0.1) is 11.3 Å². The van der Waals surface area contributed by atoms with Gasteiger partial charge in [-0.1, -0.05) is 35.9 Å². The maximum Gasteiger partial charge on any atom is 0.228 e. The summed E-state index contributed by atoms with van der Waals surface area (Å²) in [5, 5.41) is 6.34. The van der Waals surface area contributed by atoms with Crippen molar-refractivity contribution in [3.8, 4) is 0 Å². The van der Waals surface area contributed by atoms with E-state index in [9.17, 15) is 4.79 Å². The number of pyridine rings is 1. The summed E-state index contributed by atoms with van der Waals surface area (Å²) < 4.78 is 0. The minimum atomic E-state index is 0.112. The van der Waals surface area contributed by atoms with Gasteiger partial charge in [-0.25, -0.2) is 9.97 Å². The molecule has 0 spiro atoms. The van der Waals surface area contributed by atoms with Crippen LogP contribution in [0.4, 0.5) is 10.9 Å². The Hall–Kier alpha value is -2.44. The average Bonchev–Trinajstić information content (AvgIpc) is 3.10. The molecule has 0 radical (unpaired) electrons. The Bertz CT molecular complexity index is 925. The van der Waals surface area contributed by atoms with Crippen LogP contribution in [0.2, 0.25) is 5.02 Å². The van der Waals surface area contributed by atoms with Crippen LogP contribution < -0.4 is 5.32 Å². The van der Waals surface area contributed by atoms with Gasteiger partial charge in [0.2, 0.25) is 5.91 Å². The lowest BCUT2D eigenvalue weighted by Crippen LogP contribution is -2.36. The Morgan fingerprint density at radius 2 is 2.08 bits per heavy atom. The molecule has 0 saturated carbocycles. The Balaban J connectivity index is 1.38. The van der Waals surface area contributed by atoms with Crippen molar-refractivity contribution in [2.75, 3.05) is 11.9 Å². The maximum absolute atomic E-state index is 12.6. The fraction of sp³-hybridized carbons (Fsp3) is 0.211. The van der Waals surface area contributed by atoms with Gasteiger partial charge in [-0.3, -0.25) is 4.79 Å². The zero-order valence-corrected chi connectivity index (χ0v) is 15.6. The fourth-order valence-corrected chi connectivity index (χ4v) is 3.81. The van der Waals surface area contributed by atoms with Gasteiger partial charge >= 0.3 is 0 Å². The van der Waals surface area contributed by atoms with E-state index in [1.165, 1.54) is 22.5 Å². The van der Waals surface area contributed by atoms with E-state index in [0.29, 0.717) is 28.9 Å². The number of thiazole rings is 1. The summed E-state index contributed by atoms with van der Waals surface area (Å²) in [5.74, 6) is 0.787. The number of halogens is 1. The molecule has 0 fully saturated rings. The lowest BCUT2D eigenvalue weighted by Gasteiger charge is -2.28. The van der Waals surface area contributed by atoms with Crippen LogP contribution in [0.1, 0.15) is 16.8 Å². The number of anilines is 2. The summed E-state index contributed by atoms with van der Waals surface area (Å²) >= 11 is 7.30. The number of nitrogens with one attached hydrogen (secondary N) is 1. The highest BCUT2D eigenvalue weighted by molar-refractivity contribution is 7.13. The number of aromatic nitrogens is 2. The molecule has 2 aromatic heterocycles. The third kappa shape index (κ3) is 3.86. The van der Waals surface area contributed by atoms with Crippen molar-refractivity contribution in [2.45, 2.75) is 19.4 Å². The smallest absolute Gasteiger partial charge is 0.228 e. The van der Waals surface area contributed by atoms with E-state index >= 15 is 0 Å². The lowest BCUT2D eigenvalue weighted by atomic mass is 10.00. The number of benzene rings is 1. The molecule has 0 saturated heterocycles. The first kappa shape index (κ1) is 17.0. The van der Waals surface area contributed by atoms with Crippen LogP contribution >= 0.6 is 22.9 Å². The molecule has 1 aliphatic rings. The van der Waals surface area contributed by atoms with Gasteiger partial charge in [0.25, 0.3) is 0 Å². The second-order valence-electron chi connectivity index (χ2n) is 6.14. The number of fused-ring (bicyclic) bond motifs is 1. The Kier molecular flexibility index (Phi) is 4.86. The van der Waals surface area contributed by atoms with E-state index in [-0.39, 0.29) is 5.91 Å². The van der Waals surface area contributed by atoms with Crippen LogP contribution in [0.3, 0.4) is 0 Å². The zero-order chi connectivity index (χ0) is 17.9. The molecule has 7 heteroatoms. The molecule has 5 nitrogen and oxygen atoms in total. The molecule has 0 atom stereocenters. The van der Waals surface area contributed by atoms with Gasteiger partial charge in [-0.05, 0) is 29.7 Å². The molecule has 0 unspecified atom stereocenters. The SMILES string of the molecule is O=C(Cc1csc(Nc2ccc(Cl)cn2)n1)N1CCc2ccccc2C1. The van der Waals surface area contributed by atoms with Gasteiger partial charge in [0.15, 0.2) is 5.13 Å². The molecule has 0 bridgehead atoms. The third-order valence-corrected chi connectivity index (χ3v) is 5.36. The highest BCUT2D eigenvalue weighted by Crippen LogP contribution is 2.23. The molecule has 1 aliphatic heterocycles. The van der Waals surface area contributed by atoms with Crippen LogP contribution in [0, 0.1) is 0 Å². The number of nitrogens with zero attached hydrogens (tertiary/aromatic N) is 3. The summed E-state index contributed by atoms with van der Waals surface area (Å²) in [7, 11) is 0. The second-order valence-corrected chi connectivity index (χ2v) is 7.44. The van der Waals surface area contributed by atoms with Crippen molar-refractivity contribution < 1.29 is 4.79 Å². The van der Waals surface area contributed by atoms with Crippen molar-refractivity contribution in [1.29, 1.82) is 0 Å². The first-order chi connectivity index (χ1) is 12.7. The average molecular weight is 385 g/mol. The largest absolute Gasteiger partial charge is 0.338 e. The molecular weight excluding hydrogens is 368 g/mol. The summed E-state index contributed by atoms with van der Waals surface area (Å²) in [5.41, 5.74) is 3.35. The quantitative estimate of drug-likeness (QED) is 0.736. The van der Waals surface area contributed by atoms with Gasteiger partial charge in [0.1, 0.15) is 5.82 Å². The standard InChI is InChI=1S/C19H17ClN4OS/c20-15-5-6-17(21-10-15)23-19-22-16(12-26-19)9-18(25)24-8-7-13-3-1-2-4-14(13)11-24/h1-6,10,12H,7-9,11H2,(H,21,22,23). The third-order valence-electron chi connectivity index (χ3n) is 4.33. The van der Waals surface area contributed by atoms with Crippen LogP contribution in [0.5, 0.6) is 0 Å². The number of rotatable bonds is 4. The summed E-state index contributed by atoms with van der Waals surface area (Å²) in [4.78, 5) is 23.2. The van der Waals surface area contributed by atoms with E-state index in [1.54, 1.807) is 18.3 Å². The molecule has 26 heavy (non-hydrogen) atoms. The minimum absolute atomic E-state index is 0.112. The Labute approximate surface area is 160 Å². The topological polar surface area (TPSA) is 58.1 Å². The van der Waals surface area contributed by atoms with Crippen LogP contribution in [-0.2, 0) is 24.2 Å². The number of amides is 1. The van der Waals surface area contributed by atoms with Crippen LogP contribution in [-0.4, -0.2) is 27.3 Å². The highest BCUT2D eigenvalue weighted by Gasteiger charge is 2.21. The van der Waals surface area contributed by atoms with Gasteiger partial charge < -0.3 is 10.2 Å². The van der Waals surface area contributed by atoms with Crippen molar-refractivity contribution in [3.63, 3.8) is 0 Å². The maximum atomic E-state index is 12.6. The van der Waals surface area contributed by atoms with Crippen molar-refractivity contribution in [1.82, 2.24) is 14.9 Å². The first-order valence-corrected chi connectivity index (χ1v) is 9.61. The summed E-state index contributed by atoms with van der Waals surface area (Å²) in [6.07, 6.45) is 2.80. The van der Waals surface area contributed by atoms with E-state index in [4.69, 9.17) is 11.6 Å². The highest BCUT2D eigenvalue weighted by atomic mass is 35.5. The Morgan fingerprint density at radius 3 is 2.88 bits per heavy atom. The molecule has 3 aromatic rings. The van der Waals surface area contributed by atoms with E-state index in [0.717, 1.165) is 18.7 Å². The molecule has 3 heterocycles. The lowest BCUT2D eigenvalue weighted by molar-refractivity contribution is -0.131. The molecule has 1 aromatic carbocycles. The second kappa shape index (κ2) is 7.43. The molecule has 1 amide bonds. The molecule has 0 aliphatic carbocycles. The number of hydrogen-bond acceptors (Lipinski definition) is 5. The van der Waals surface area contributed by atoms with Crippen molar-refractivity contribution >= 4 is 39.8 Å². The number of carbonyl (C=O) groups is 1. The van der Waals surface area contributed by atoms with Crippen LogP contribution in [0.25, 0.3) is 0 Å². The monoisotopic (exact) mass is 384 g/mol. The fourth-order valence-electron chi connectivity index (χ4n) is 2.98. The predicted molar refractivity (Wildman–Crippen MR) is 104 cm³/mol. The Morgan fingerprint density at radius 1 is 1.23 bits per heavy atom. The number of hydrogen-bond donors (Lipinski definition) is 1. The zero-order valence-electron chi connectivity index (χ0n) is 14.0. The predicted octanol–water partition coefficient (Wildman–Crippen LogP) is 4.06. The summed E-state index contributed by atoms with van der Waals surface area (Å²) in [6.45, 7) is 1.44. The van der Waals surface area contributed by atoms with E-state index in [1.807, 2.05) is 16.3 Å². The van der Waals surface area contributed by atoms with Gasteiger partial charge in [0, 0.05) is 24.7 Å². The van der Waals surface area contributed by atoms with Crippen LogP contribution in [0.15, 0.2) is 48.0 Å². The first-order valence-electron chi connectivity index (χ1n) is 8.35. The molecule has 1 N–H and O–H groups in total. The van der Waals surface area contributed by atoms with Crippen molar-refractivity contribution in [2.24, 2.45) is 0 Å². The minimum Gasteiger partial charge on any atom is -0.338 e. The van der Waals surface area contributed by atoms with Crippen molar-refractivity contribution in [3.05, 3.63) is 69.8 Å². The van der Waals surface area contributed by atoms with Gasteiger partial charge in [-0.2, -0.15) is 0 Å².